The molecule has 1 N–H and O–H groups in total. The standard InChI is InChI=1S/C17H29NO3/c1-6-18-14(4)15-7-8-17(19-5)16(11-15)12-20-9-10-21-13(2)3/h7-8,11,13-14,18H,6,9-10,12H2,1-5H3. The topological polar surface area (TPSA) is 39.7 Å². The number of rotatable bonds is 10. The Balaban J connectivity index is 2.59. The Labute approximate surface area is 128 Å². The molecule has 1 rings (SSSR count). The van der Waals surface area contributed by atoms with Crippen molar-refractivity contribution in [2.75, 3.05) is 26.9 Å². The van der Waals surface area contributed by atoms with Gasteiger partial charge in [0.1, 0.15) is 5.75 Å². The second-order valence-corrected chi connectivity index (χ2v) is 5.32. The van der Waals surface area contributed by atoms with Gasteiger partial charge in [-0.15, -0.1) is 0 Å². The molecular weight excluding hydrogens is 266 g/mol. The van der Waals surface area contributed by atoms with Crippen molar-refractivity contribution in [1.29, 1.82) is 0 Å². The molecule has 0 aliphatic heterocycles. The summed E-state index contributed by atoms with van der Waals surface area (Å²) in [6.45, 7) is 11.0. The molecule has 0 aliphatic carbocycles. The van der Waals surface area contributed by atoms with Crippen molar-refractivity contribution in [2.24, 2.45) is 0 Å². The van der Waals surface area contributed by atoms with E-state index in [-0.39, 0.29) is 6.10 Å². The zero-order valence-corrected chi connectivity index (χ0v) is 13.9. The van der Waals surface area contributed by atoms with E-state index in [0.29, 0.717) is 25.9 Å². The van der Waals surface area contributed by atoms with Gasteiger partial charge in [-0.2, -0.15) is 0 Å². The Hall–Kier alpha value is -1.10. The fraction of sp³-hybridized carbons (Fsp3) is 0.647. The van der Waals surface area contributed by atoms with Gasteiger partial charge < -0.3 is 19.5 Å². The molecule has 0 radical (unpaired) electrons. The largest absolute Gasteiger partial charge is 0.496 e. The van der Waals surface area contributed by atoms with Crippen LogP contribution in [0.3, 0.4) is 0 Å². The second kappa shape index (κ2) is 9.77. The monoisotopic (exact) mass is 295 g/mol. The highest BCUT2D eigenvalue weighted by molar-refractivity contribution is 5.38. The molecule has 0 saturated heterocycles. The van der Waals surface area contributed by atoms with Gasteiger partial charge in [0.2, 0.25) is 0 Å². The number of methoxy groups -OCH3 is 1. The molecule has 0 spiro atoms. The van der Waals surface area contributed by atoms with Crippen molar-refractivity contribution in [1.82, 2.24) is 5.32 Å². The first-order valence-corrected chi connectivity index (χ1v) is 7.68. The summed E-state index contributed by atoms with van der Waals surface area (Å²) in [5.74, 6) is 0.868. The summed E-state index contributed by atoms with van der Waals surface area (Å²) >= 11 is 0. The van der Waals surface area contributed by atoms with Gasteiger partial charge in [-0.25, -0.2) is 0 Å². The lowest BCUT2D eigenvalue weighted by Crippen LogP contribution is -2.18. The van der Waals surface area contributed by atoms with E-state index < -0.39 is 0 Å². The number of ether oxygens (including phenoxy) is 3. The van der Waals surface area contributed by atoms with Gasteiger partial charge in [-0.05, 0) is 45.0 Å². The quantitative estimate of drug-likeness (QED) is 0.672. The van der Waals surface area contributed by atoms with Gasteiger partial charge in [0, 0.05) is 11.6 Å². The van der Waals surface area contributed by atoms with Crippen LogP contribution in [-0.2, 0) is 16.1 Å². The Bertz CT molecular complexity index is 407. The van der Waals surface area contributed by atoms with Crippen LogP contribution in [0.1, 0.15) is 44.9 Å². The Morgan fingerprint density at radius 2 is 1.90 bits per heavy atom. The summed E-state index contributed by atoms with van der Waals surface area (Å²) in [6, 6.07) is 6.57. The third kappa shape index (κ3) is 6.46. The first kappa shape index (κ1) is 18.0. The minimum absolute atomic E-state index is 0.243. The zero-order chi connectivity index (χ0) is 15.7. The minimum atomic E-state index is 0.243. The van der Waals surface area contributed by atoms with Crippen molar-refractivity contribution in [3.63, 3.8) is 0 Å². The Morgan fingerprint density at radius 3 is 2.52 bits per heavy atom. The van der Waals surface area contributed by atoms with Crippen molar-refractivity contribution in [3.05, 3.63) is 29.3 Å². The van der Waals surface area contributed by atoms with Crippen LogP contribution in [0.4, 0.5) is 0 Å². The molecule has 120 valence electrons. The SMILES string of the molecule is CCNC(C)c1ccc(OC)c(COCCOC(C)C)c1. The molecule has 0 saturated carbocycles. The van der Waals surface area contributed by atoms with Crippen LogP contribution in [0.5, 0.6) is 5.75 Å². The van der Waals surface area contributed by atoms with E-state index in [0.717, 1.165) is 17.9 Å². The summed E-state index contributed by atoms with van der Waals surface area (Å²) in [4.78, 5) is 0. The van der Waals surface area contributed by atoms with Crippen molar-refractivity contribution in [3.8, 4) is 5.75 Å². The first-order chi connectivity index (χ1) is 10.1. The van der Waals surface area contributed by atoms with Gasteiger partial charge in [0.15, 0.2) is 0 Å². The molecule has 1 atom stereocenters. The summed E-state index contributed by atoms with van der Waals surface area (Å²) < 4.78 is 16.5. The highest BCUT2D eigenvalue weighted by Gasteiger charge is 2.09. The predicted molar refractivity (Wildman–Crippen MR) is 85.8 cm³/mol. The molecular formula is C17H29NO3. The molecule has 4 nitrogen and oxygen atoms in total. The van der Waals surface area contributed by atoms with E-state index in [1.165, 1.54) is 5.56 Å². The molecule has 0 bridgehead atoms. The molecule has 0 aliphatic rings. The first-order valence-electron chi connectivity index (χ1n) is 7.68. The maximum absolute atomic E-state index is 5.68. The third-order valence-corrected chi connectivity index (χ3v) is 3.25. The third-order valence-electron chi connectivity index (χ3n) is 3.25. The van der Waals surface area contributed by atoms with Gasteiger partial charge in [-0.1, -0.05) is 13.0 Å². The van der Waals surface area contributed by atoms with Crippen LogP contribution in [0.2, 0.25) is 0 Å². The van der Waals surface area contributed by atoms with Crippen LogP contribution in [0, 0.1) is 0 Å². The lowest BCUT2D eigenvalue weighted by Gasteiger charge is -2.16. The Morgan fingerprint density at radius 1 is 1.14 bits per heavy atom. The summed E-state index contributed by atoms with van der Waals surface area (Å²) in [5.41, 5.74) is 2.32. The minimum Gasteiger partial charge on any atom is -0.496 e. The zero-order valence-electron chi connectivity index (χ0n) is 13.9. The maximum atomic E-state index is 5.68. The van der Waals surface area contributed by atoms with E-state index in [9.17, 15) is 0 Å². The van der Waals surface area contributed by atoms with E-state index in [2.05, 4.69) is 31.3 Å². The summed E-state index contributed by atoms with van der Waals surface area (Å²) in [7, 11) is 1.69. The summed E-state index contributed by atoms with van der Waals surface area (Å²) in [5, 5.41) is 3.41. The smallest absolute Gasteiger partial charge is 0.124 e. The van der Waals surface area contributed by atoms with Gasteiger partial charge in [0.25, 0.3) is 0 Å². The number of benzene rings is 1. The molecule has 21 heavy (non-hydrogen) atoms. The van der Waals surface area contributed by atoms with Crippen molar-refractivity contribution >= 4 is 0 Å². The lowest BCUT2D eigenvalue weighted by molar-refractivity contribution is 0.0139. The van der Waals surface area contributed by atoms with Gasteiger partial charge in [-0.3, -0.25) is 0 Å². The number of nitrogens with one attached hydrogen (secondary N) is 1. The predicted octanol–water partition coefficient (Wildman–Crippen LogP) is 3.31. The Kier molecular flexibility index (Phi) is 8.35. The fourth-order valence-corrected chi connectivity index (χ4v) is 2.13. The van der Waals surface area contributed by atoms with E-state index >= 15 is 0 Å². The average Bonchev–Trinajstić information content (AvgIpc) is 2.46. The second-order valence-electron chi connectivity index (χ2n) is 5.32. The molecule has 1 aromatic carbocycles. The highest BCUT2D eigenvalue weighted by Crippen LogP contribution is 2.24. The number of hydrogen-bond donors (Lipinski definition) is 1. The fourth-order valence-electron chi connectivity index (χ4n) is 2.13. The molecule has 1 aromatic rings. The van der Waals surface area contributed by atoms with Crippen LogP contribution in [0.15, 0.2) is 18.2 Å². The number of hydrogen-bond acceptors (Lipinski definition) is 4. The van der Waals surface area contributed by atoms with Crippen LogP contribution >= 0.6 is 0 Å². The maximum Gasteiger partial charge on any atom is 0.124 e. The summed E-state index contributed by atoms with van der Waals surface area (Å²) in [6.07, 6.45) is 0.243. The molecule has 0 fully saturated rings. The van der Waals surface area contributed by atoms with E-state index in [1.807, 2.05) is 19.9 Å². The van der Waals surface area contributed by atoms with Crippen LogP contribution in [0.25, 0.3) is 0 Å². The van der Waals surface area contributed by atoms with Crippen LogP contribution in [-0.4, -0.2) is 33.0 Å². The van der Waals surface area contributed by atoms with Crippen molar-refractivity contribution < 1.29 is 14.2 Å². The molecule has 0 aromatic heterocycles. The van der Waals surface area contributed by atoms with Crippen molar-refractivity contribution in [2.45, 2.75) is 46.4 Å². The van der Waals surface area contributed by atoms with E-state index in [1.54, 1.807) is 7.11 Å². The molecule has 0 heterocycles. The van der Waals surface area contributed by atoms with Gasteiger partial charge >= 0.3 is 0 Å². The molecule has 1 unspecified atom stereocenters. The van der Waals surface area contributed by atoms with Gasteiger partial charge in [0.05, 0.1) is 33.0 Å². The molecule has 4 heteroatoms. The average molecular weight is 295 g/mol. The lowest BCUT2D eigenvalue weighted by atomic mass is 10.0. The highest BCUT2D eigenvalue weighted by atomic mass is 16.5. The van der Waals surface area contributed by atoms with E-state index in [4.69, 9.17) is 14.2 Å². The normalized spacial score (nSPS) is 12.7. The molecule has 0 amide bonds. The van der Waals surface area contributed by atoms with Crippen LogP contribution < -0.4 is 10.1 Å².